The fourth-order valence-electron chi connectivity index (χ4n) is 2.60. The van der Waals surface area contributed by atoms with Crippen molar-refractivity contribution in [3.8, 4) is 0 Å². The number of halogens is 2. The average Bonchev–Trinajstić information content (AvgIpc) is 2.41. The zero-order chi connectivity index (χ0) is 14.7. The largest absolute Gasteiger partial charge is 0.305 e. The summed E-state index contributed by atoms with van der Waals surface area (Å²) in [6.07, 6.45) is 2.31. The van der Waals surface area contributed by atoms with Gasteiger partial charge in [-0.05, 0) is 51.7 Å². The molecule has 20 heavy (non-hydrogen) atoms. The highest BCUT2D eigenvalue weighted by molar-refractivity contribution is 6.36. The van der Waals surface area contributed by atoms with Crippen LogP contribution < -0.4 is 0 Å². The molecule has 0 aromatic heterocycles. The second-order valence-electron chi connectivity index (χ2n) is 5.54. The maximum absolute atomic E-state index is 12.4. The van der Waals surface area contributed by atoms with Crippen LogP contribution in [0.4, 0.5) is 0 Å². The number of carbonyl (C=O) groups is 1. The third kappa shape index (κ3) is 3.95. The van der Waals surface area contributed by atoms with Crippen molar-refractivity contribution in [1.29, 1.82) is 0 Å². The number of likely N-dealkylation sites (N-methyl/N-ethyl adjacent to an activating group) is 1. The molecule has 0 spiro atoms. The van der Waals surface area contributed by atoms with Gasteiger partial charge in [0.15, 0.2) is 5.78 Å². The van der Waals surface area contributed by atoms with Crippen molar-refractivity contribution in [2.24, 2.45) is 0 Å². The van der Waals surface area contributed by atoms with Crippen molar-refractivity contribution in [3.05, 3.63) is 33.8 Å². The van der Waals surface area contributed by atoms with E-state index in [1.54, 1.807) is 18.2 Å². The molecular formula is C15H20Cl2N2O. The molecule has 1 heterocycles. The lowest BCUT2D eigenvalue weighted by Crippen LogP contribution is -2.46. The van der Waals surface area contributed by atoms with Crippen molar-refractivity contribution in [3.63, 3.8) is 0 Å². The van der Waals surface area contributed by atoms with Gasteiger partial charge in [-0.3, -0.25) is 9.69 Å². The van der Waals surface area contributed by atoms with E-state index >= 15 is 0 Å². The molecule has 0 bridgehead atoms. The first-order chi connectivity index (χ1) is 9.47. The van der Waals surface area contributed by atoms with Crippen molar-refractivity contribution in [1.82, 2.24) is 9.80 Å². The van der Waals surface area contributed by atoms with E-state index in [1.165, 1.54) is 6.42 Å². The van der Waals surface area contributed by atoms with E-state index in [0.29, 0.717) is 28.2 Å². The normalized spacial score (nSPS) is 20.4. The number of rotatable bonds is 4. The Bertz CT molecular complexity index is 491. The molecule has 5 heteroatoms. The van der Waals surface area contributed by atoms with Gasteiger partial charge in [0.05, 0.1) is 11.6 Å². The predicted molar refractivity (Wildman–Crippen MR) is 83.9 cm³/mol. The molecule has 3 nitrogen and oxygen atoms in total. The summed E-state index contributed by atoms with van der Waals surface area (Å²) in [7, 11) is 4.17. The topological polar surface area (TPSA) is 23.6 Å². The van der Waals surface area contributed by atoms with Crippen LogP contribution >= 0.6 is 23.2 Å². The minimum Gasteiger partial charge on any atom is -0.305 e. The van der Waals surface area contributed by atoms with Gasteiger partial charge >= 0.3 is 0 Å². The molecule has 0 radical (unpaired) electrons. The van der Waals surface area contributed by atoms with E-state index in [1.807, 2.05) is 0 Å². The molecule has 1 aromatic carbocycles. The molecule has 1 aliphatic rings. The SMILES string of the molecule is CN(C)C1CCCN(CC(=O)c2cc(Cl)ccc2Cl)C1. The Morgan fingerprint density at radius 2 is 2.15 bits per heavy atom. The van der Waals surface area contributed by atoms with Gasteiger partial charge in [0, 0.05) is 23.2 Å². The fraction of sp³-hybridized carbons (Fsp3) is 0.533. The molecule has 1 aromatic rings. The van der Waals surface area contributed by atoms with Gasteiger partial charge in [0.1, 0.15) is 0 Å². The smallest absolute Gasteiger partial charge is 0.178 e. The summed E-state index contributed by atoms with van der Waals surface area (Å²) in [5, 5.41) is 1.02. The molecule has 0 saturated carbocycles. The van der Waals surface area contributed by atoms with Crippen LogP contribution in [0, 0.1) is 0 Å². The Kier molecular flexibility index (Phi) is 5.44. The molecule has 1 unspecified atom stereocenters. The Morgan fingerprint density at radius 3 is 2.85 bits per heavy atom. The number of nitrogens with zero attached hydrogens (tertiary/aromatic N) is 2. The second-order valence-corrected chi connectivity index (χ2v) is 6.39. The summed E-state index contributed by atoms with van der Waals surface area (Å²) >= 11 is 12.0. The van der Waals surface area contributed by atoms with Crippen LogP contribution in [0.5, 0.6) is 0 Å². The van der Waals surface area contributed by atoms with Crippen LogP contribution in [0.15, 0.2) is 18.2 Å². The van der Waals surface area contributed by atoms with E-state index in [4.69, 9.17) is 23.2 Å². The highest BCUT2D eigenvalue weighted by Crippen LogP contribution is 2.22. The Balaban J connectivity index is 2.02. The Morgan fingerprint density at radius 1 is 1.40 bits per heavy atom. The lowest BCUT2D eigenvalue weighted by molar-refractivity contribution is 0.0852. The van der Waals surface area contributed by atoms with Gasteiger partial charge in [0.25, 0.3) is 0 Å². The van der Waals surface area contributed by atoms with E-state index < -0.39 is 0 Å². The van der Waals surface area contributed by atoms with E-state index in [9.17, 15) is 4.79 Å². The molecule has 0 N–H and O–H groups in total. The molecule has 1 aliphatic heterocycles. The van der Waals surface area contributed by atoms with Crippen LogP contribution in [-0.4, -0.2) is 55.4 Å². The number of piperidine rings is 1. The van der Waals surface area contributed by atoms with Crippen LogP contribution in [0.1, 0.15) is 23.2 Å². The van der Waals surface area contributed by atoms with Crippen molar-refractivity contribution >= 4 is 29.0 Å². The predicted octanol–water partition coefficient (Wildman–Crippen LogP) is 3.20. The van der Waals surface area contributed by atoms with Gasteiger partial charge in [-0.1, -0.05) is 23.2 Å². The van der Waals surface area contributed by atoms with Crippen molar-refractivity contribution < 1.29 is 4.79 Å². The molecule has 2 rings (SSSR count). The first kappa shape index (κ1) is 15.8. The minimum atomic E-state index is 0.0388. The maximum Gasteiger partial charge on any atom is 0.178 e. The first-order valence-corrected chi connectivity index (χ1v) is 7.60. The molecule has 0 amide bonds. The summed E-state index contributed by atoms with van der Waals surface area (Å²) in [4.78, 5) is 16.8. The molecule has 0 aliphatic carbocycles. The van der Waals surface area contributed by atoms with Gasteiger partial charge < -0.3 is 4.90 Å². The number of carbonyl (C=O) groups excluding carboxylic acids is 1. The van der Waals surface area contributed by atoms with Crippen molar-refractivity contribution in [2.45, 2.75) is 18.9 Å². The zero-order valence-corrected chi connectivity index (χ0v) is 13.4. The number of Topliss-reactive ketones (excluding diaryl/α,β-unsaturated/α-hetero) is 1. The third-order valence-corrected chi connectivity index (χ3v) is 4.37. The van der Waals surface area contributed by atoms with Gasteiger partial charge in [-0.2, -0.15) is 0 Å². The monoisotopic (exact) mass is 314 g/mol. The van der Waals surface area contributed by atoms with Crippen LogP contribution in [-0.2, 0) is 0 Å². The number of hydrogen-bond donors (Lipinski definition) is 0. The number of ketones is 1. The summed E-state index contributed by atoms with van der Waals surface area (Å²) in [5.41, 5.74) is 0.520. The quantitative estimate of drug-likeness (QED) is 0.797. The standard InChI is InChI=1S/C15H20Cl2N2O/c1-18(2)12-4-3-7-19(9-12)10-15(20)13-8-11(16)5-6-14(13)17/h5-6,8,12H,3-4,7,9-10H2,1-2H3. The van der Waals surface area contributed by atoms with Crippen LogP contribution in [0.2, 0.25) is 10.0 Å². The van der Waals surface area contributed by atoms with E-state index in [2.05, 4.69) is 23.9 Å². The lowest BCUT2D eigenvalue weighted by Gasteiger charge is -2.35. The fourth-order valence-corrected chi connectivity index (χ4v) is 2.99. The van der Waals surface area contributed by atoms with Crippen molar-refractivity contribution in [2.75, 3.05) is 33.7 Å². The average molecular weight is 315 g/mol. The van der Waals surface area contributed by atoms with Crippen LogP contribution in [0.25, 0.3) is 0 Å². The Labute approximate surface area is 130 Å². The number of hydrogen-bond acceptors (Lipinski definition) is 3. The molecule has 110 valence electrons. The highest BCUT2D eigenvalue weighted by Gasteiger charge is 2.23. The van der Waals surface area contributed by atoms with Gasteiger partial charge in [0.2, 0.25) is 0 Å². The summed E-state index contributed by atoms with van der Waals surface area (Å²) in [6, 6.07) is 5.55. The van der Waals surface area contributed by atoms with E-state index in [0.717, 1.165) is 19.5 Å². The summed E-state index contributed by atoms with van der Waals surface area (Å²) < 4.78 is 0. The summed E-state index contributed by atoms with van der Waals surface area (Å²) in [6.45, 7) is 2.30. The first-order valence-electron chi connectivity index (χ1n) is 6.84. The zero-order valence-electron chi connectivity index (χ0n) is 11.9. The molecule has 1 fully saturated rings. The van der Waals surface area contributed by atoms with E-state index in [-0.39, 0.29) is 5.78 Å². The second kappa shape index (κ2) is 6.90. The number of benzene rings is 1. The lowest BCUT2D eigenvalue weighted by atomic mass is 10.0. The molecule has 1 saturated heterocycles. The minimum absolute atomic E-state index is 0.0388. The maximum atomic E-state index is 12.4. The molecular weight excluding hydrogens is 295 g/mol. The Hall–Kier alpha value is -0.610. The van der Waals surface area contributed by atoms with Gasteiger partial charge in [-0.15, -0.1) is 0 Å². The summed E-state index contributed by atoms with van der Waals surface area (Å²) in [5.74, 6) is 0.0388. The van der Waals surface area contributed by atoms with Gasteiger partial charge in [-0.25, -0.2) is 0 Å². The molecule has 1 atom stereocenters. The third-order valence-electron chi connectivity index (χ3n) is 3.81. The number of likely N-dealkylation sites (tertiary alicyclic amines) is 1. The van der Waals surface area contributed by atoms with Crippen LogP contribution in [0.3, 0.4) is 0 Å². The highest BCUT2D eigenvalue weighted by atomic mass is 35.5.